The van der Waals surface area contributed by atoms with Gasteiger partial charge in [0.25, 0.3) is 0 Å². The summed E-state index contributed by atoms with van der Waals surface area (Å²) < 4.78 is 11.1. The maximum Gasteiger partial charge on any atom is 0.122 e. The van der Waals surface area contributed by atoms with Gasteiger partial charge in [-0.2, -0.15) is 0 Å². The Labute approximate surface area is 130 Å². The zero-order valence-electron chi connectivity index (χ0n) is 12.9. The maximum atomic E-state index is 9.96. The highest BCUT2D eigenvalue weighted by molar-refractivity contribution is 5.32. The normalized spacial score (nSPS) is 13.5. The zero-order valence-corrected chi connectivity index (χ0v) is 12.9. The molecule has 0 heterocycles. The molecule has 2 aromatic rings. The number of aryl methyl sites for hydroxylation is 2. The summed E-state index contributed by atoms with van der Waals surface area (Å²) in [6.45, 7) is 3.89. The van der Waals surface area contributed by atoms with Gasteiger partial charge in [0.05, 0.1) is 0 Å². The van der Waals surface area contributed by atoms with Crippen molar-refractivity contribution in [1.29, 1.82) is 0 Å². The van der Waals surface area contributed by atoms with Crippen LogP contribution in [0.15, 0.2) is 48.5 Å². The number of aliphatic hydroxyl groups excluding tert-OH is 2. The van der Waals surface area contributed by atoms with Crippen molar-refractivity contribution in [2.75, 3.05) is 13.2 Å². The molecule has 2 N–H and O–H groups in total. The van der Waals surface area contributed by atoms with Crippen molar-refractivity contribution in [1.82, 2.24) is 0 Å². The van der Waals surface area contributed by atoms with E-state index in [0.29, 0.717) is 11.5 Å². The van der Waals surface area contributed by atoms with Crippen LogP contribution in [-0.2, 0) is 0 Å². The fraction of sp³-hybridized carbons (Fsp3) is 0.333. The molecule has 0 radical (unpaired) electrons. The van der Waals surface area contributed by atoms with Crippen molar-refractivity contribution in [3.8, 4) is 11.5 Å². The lowest BCUT2D eigenvalue weighted by Crippen LogP contribution is -2.36. The van der Waals surface area contributed by atoms with Crippen molar-refractivity contribution in [3.05, 3.63) is 59.7 Å². The van der Waals surface area contributed by atoms with Crippen LogP contribution in [0.1, 0.15) is 11.1 Å². The summed E-state index contributed by atoms with van der Waals surface area (Å²) >= 11 is 0. The highest BCUT2D eigenvalue weighted by Crippen LogP contribution is 2.18. The smallest absolute Gasteiger partial charge is 0.122 e. The van der Waals surface area contributed by atoms with Gasteiger partial charge in [-0.3, -0.25) is 0 Å². The van der Waals surface area contributed by atoms with Crippen LogP contribution >= 0.6 is 0 Å². The van der Waals surface area contributed by atoms with Crippen LogP contribution in [0.4, 0.5) is 0 Å². The minimum absolute atomic E-state index is 0.0170. The van der Waals surface area contributed by atoms with E-state index in [9.17, 15) is 10.2 Å². The van der Waals surface area contributed by atoms with Gasteiger partial charge >= 0.3 is 0 Å². The lowest BCUT2D eigenvalue weighted by molar-refractivity contribution is -0.0290. The molecule has 0 saturated heterocycles. The molecule has 0 amide bonds. The highest BCUT2D eigenvalue weighted by atomic mass is 16.5. The van der Waals surface area contributed by atoms with Gasteiger partial charge in [0.15, 0.2) is 0 Å². The quantitative estimate of drug-likeness (QED) is 0.825. The summed E-state index contributed by atoms with van der Waals surface area (Å²) in [4.78, 5) is 0. The molecule has 0 aromatic heterocycles. The first-order valence-electron chi connectivity index (χ1n) is 7.31. The molecule has 4 heteroatoms. The third-order valence-corrected chi connectivity index (χ3v) is 3.45. The number of ether oxygens (including phenoxy) is 2. The van der Waals surface area contributed by atoms with Gasteiger partial charge in [0.1, 0.15) is 36.9 Å². The number of aliphatic hydroxyl groups is 2. The number of rotatable bonds is 7. The lowest BCUT2D eigenvalue weighted by atomic mass is 10.2. The third-order valence-electron chi connectivity index (χ3n) is 3.45. The van der Waals surface area contributed by atoms with Gasteiger partial charge in [0.2, 0.25) is 0 Å². The largest absolute Gasteiger partial charge is 0.491 e. The van der Waals surface area contributed by atoms with E-state index in [-0.39, 0.29) is 13.2 Å². The van der Waals surface area contributed by atoms with E-state index in [1.54, 1.807) is 0 Å². The topological polar surface area (TPSA) is 58.9 Å². The number of hydrogen-bond donors (Lipinski definition) is 2. The van der Waals surface area contributed by atoms with E-state index in [1.165, 1.54) is 0 Å². The highest BCUT2D eigenvalue weighted by Gasteiger charge is 2.18. The van der Waals surface area contributed by atoms with Crippen molar-refractivity contribution >= 4 is 0 Å². The van der Waals surface area contributed by atoms with Crippen LogP contribution in [0.5, 0.6) is 11.5 Å². The Balaban J connectivity index is 1.81. The molecule has 22 heavy (non-hydrogen) atoms. The van der Waals surface area contributed by atoms with Crippen molar-refractivity contribution in [2.45, 2.75) is 26.1 Å². The molecule has 0 aliphatic heterocycles. The monoisotopic (exact) mass is 302 g/mol. The number of hydrogen-bond acceptors (Lipinski definition) is 4. The predicted molar refractivity (Wildman–Crippen MR) is 85.4 cm³/mol. The second kappa shape index (κ2) is 7.82. The van der Waals surface area contributed by atoms with Gasteiger partial charge in [-0.1, -0.05) is 36.4 Å². The standard InChI is InChI=1S/C18H22O4/c1-13-7-3-5-9-17(13)21-11-15(19)16(20)12-22-18-10-6-4-8-14(18)2/h3-10,15-16,19-20H,11-12H2,1-2H3. The van der Waals surface area contributed by atoms with Gasteiger partial charge in [0, 0.05) is 0 Å². The minimum Gasteiger partial charge on any atom is -0.491 e. The molecule has 0 spiro atoms. The van der Waals surface area contributed by atoms with Gasteiger partial charge in [-0.25, -0.2) is 0 Å². The second-order valence-electron chi connectivity index (χ2n) is 5.29. The summed E-state index contributed by atoms with van der Waals surface area (Å²) in [5, 5.41) is 19.9. The Morgan fingerprint density at radius 1 is 0.727 bits per heavy atom. The molecule has 4 nitrogen and oxygen atoms in total. The minimum atomic E-state index is -1.01. The first-order chi connectivity index (χ1) is 10.6. The summed E-state index contributed by atoms with van der Waals surface area (Å²) in [6.07, 6.45) is -2.02. The molecule has 0 saturated carbocycles. The Bertz CT molecular complexity index is 544. The number of para-hydroxylation sites is 2. The van der Waals surface area contributed by atoms with Gasteiger partial charge < -0.3 is 19.7 Å². The summed E-state index contributed by atoms with van der Waals surface area (Å²) in [6, 6.07) is 15.1. The average molecular weight is 302 g/mol. The molecule has 2 aromatic carbocycles. The van der Waals surface area contributed by atoms with E-state index in [2.05, 4.69) is 0 Å². The van der Waals surface area contributed by atoms with E-state index in [1.807, 2.05) is 62.4 Å². The van der Waals surface area contributed by atoms with E-state index in [0.717, 1.165) is 11.1 Å². The van der Waals surface area contributed by atoms with Gasteiger partial charge in [-0.15, -0.1) is 0 Å². The molecule has 0 aliphatic rings. The Kier molecular flexibility index (Phi) is 5.81. The van der Waals surface area contributed by atoms with Crippen LogP contribution in [-0.4, -0.2) is 35.6 Å². The first kappa shape index (κ1) is 16.3. The molecule has 118 valence electrons. The van der Waals surface area contributed by atoms with Crippen molar-refractivity contribution in [2.24, 2.45) is 0 Å². The Hall–Kier alpha value is -2.04. The molecule has 2 rings (SSSR count). The van der Waals surface area contributed by atoms with E-state index < -0.39 is 12.2 Å². The molecule has 0 bridgehead atoms. The first-order valence-corrected chi connectivity index (χ1v) is 7.31. The average Bonchev–Trinajstić information content (AvgIpc) is 2.52. The van der Waals surface area contributed by atoms with Crippen molar-refractivity contribution < 1.29 is 19.7 Å². The summed E-state index contributed by atoms with van der Waals surface area (Å²) in [7, 11) is 0. The van der Waals surface area contributed by atoms with Crippen LogP contribution in [0, 0.1) is 13.8 Å². The molecular weight excluding hydrogens is 280 g/mol. The predicted octanol–water partition coefficient (Wildman–Crippen LogP) is 2.48. The zero-order chi connectivity index (χ0) is 15.9. The summed E-state index contributed by atoms with van der Waals surface area (Å²) in [5.74, 6) is 1.40. The fourth-order valence-corrected chi connectivity index (χ4v) is 2.01. The molecule has 0 aliphatic carbocycles. The SMILES string of the molecule is Cc1ccccc1OCC(O)C(O)COc1ccccc1C. The number of benzene rings is 2. The summed E-state index contributed by atoms with van der Waals surface area (Å²) in [5.41, 5.74) is 1.97. The molecule has 2 atom stereocenters. The Morgan fingerprint density at radius 2 is 1.09 bits per heavy atom. The fourth-order valence-electron chi connectivity index (χ4n) is 2.01. The van der Waals surface area contributed by atoms with Crippen LogP contribution in [0.25, 0.3) is 0 Å². The second-order valence-corrected chi connectivity index (χ2v) is 5.29. The van der Waals surface area contributed by atoms with Crippen LogP contribution in [0.3, 0.4) is 0 Å². The van der Waals surface area contributed by atoms with Crippen molar-refractivity contribution in [3.63, 3.8) is 0 Å². The maximum absolute atomic E-state index is 9.96. The lowest BCUT2D eigenvalue weighted by Gasteiger charge is -2.20. The van der Waals surface area contributed by atoms with Crippen LogP contribution < -0.4 is 9.47 Å². The molecule has 2 unspecified atom stereocenters. The van der Waals surface area contributed by atoms with E-state index >= 15 is 0 Å². The molecule has 0 fully saturated rings. The molecular formula is C18H22O4. The van der Waals surface area contributed by atoms with E-state index in [4.69, 9.17) is 9.47 Å². The third kappa shape index (κ3) is 4.48. The van der Waals surface area contributed by atoms with Crippen LogP contribution in [0.2, 0.25) is 0 Å². The Morgan fingerprint density at radius 3 is 1.45 bits per heavy atom. The van der Waals surface area contributed by atoms with Gasteiger partial charge in [-0.05, 0) is 37.1 Å².